The van der Waals surface area contributed by atoms with Crippen molar-refractivity contribution in [1.29, 1.82) is 0 Å². The summed E-state index contributed by atoms with van der Waals surface area (Å²) in [6.45, 7) is 5.90. The van der Waals surface area contributed by atoms with Crippen molar-refractivity contribution in [1.82, 2.24) is 15.1 Å². The van der Waals surface area contributed by atoms with Crippen LogP contribution in [0.1, 0.15) is 24.6 Å². The van der Waals surface area contributed by atoms with Gasteiger partial charge < -0.3 is 10.1 Å². The largest absolute Gasteiger partial charge is 0.385 e. The highest BCUT2D eigenvalue weighted by Crippen LogP contribution is 2.04. The molecule has 86 valence electrons. The molecule has 4 heteroatoms. The van der Waals surface area contributed by atoms with Crippen molar-refractivity contribution in [3.05, 3.63) is 17.5 Å². The van der Waals surface area contributed by atoms with Crippen molar-refractivity contribution in [2.75, 3.05) is 13.7 Å². The molecule has 0 aliphatic carbocycles. The highest BCUT2D eigenvalue weighted by molar-refractivity contribution is 5.14. The molecule has 1 heterocycles. The Hall–Kier alpha value is -0.870. The van der Waals surface area contributed by atoms with Gasteiger partial charge >= 0.3 is 0 Å². The van der Waals surface area contributed by atoms with E-state index in [4.69, 9.17) is 4.74 Å². The van der Waals surface area contributed by atoms with Crippen molar-refractivity contribution in [3.8, 4) is 0 Å². The topological polar surface area (TPSA) is 39.1 Å². The molecule has 0 fully saturated rings. The second kappa shape index (κ2) is 5.88. The second-order valence-corrected chi connectivity index (χ2v) is 3.98. The molecule has 0 aliphatic heterocycles. The van der Waals surface area contributed by atoms with Crippen molar-refractivity contribution >= 4 is 0 Å². The zero-order valence-electron chi connectivity index (χ0n) is 10.1. The zero-order valence-corrected chi connectivity index (χ0v) is 10.1. The van der Waals surface area contributed by atoms with Crippen LogP contribution < -0.4 is 5.32 Å². The van der Waals surface area contributed by atoms with Crippen molar-refractivity contribution in [3.63, 3.8) is 0 Å². The predicted octanol–water partition coefficient (Wildman–Crippen LogP) is 1.24. The van der Waals surface area contributed by atoms with Gasteiger partial charge in [0.05, 0.1) is 5.69 Å². The maximum atomic E-state index is 5.04. The minimum atomic E-state index is 0.476. The van der Waals surface area contributed by atoms with Crippen LogP contribution in [0.15, 0.2) is 6.20 Å². The van der Waals surface area contributed by atoms with Crippen LogP contribution in [0.4, 0.5) is 0 Å². The predicted molar refractivity (Wildman–Crippen MR) is 60.7 cm³/mol. The van der Waals surface area contributed by atoms with Crippen LogP contribution in [0.25, 0.3) is 0 Å². The molecular weight excluding hydrogens is 190 g/mol. The van der Waals surface area contributed by atoms with Gasteiger partial charge in [-0.3, -0.25) is 4.68 Å². The summed E-state index contributed by atoms with van der Waals surface area (Å²) in [6.07, 6.45) is 3.10. The van der Waals surface area contributed by atoms with Gasteiger partial charge in [-0.05, 0) is 20.3 Å². The summed E-state index contributed by atoms with van der Waals surface area (Å²) in [7, 11) is 3.68. The molecule has 0 aromatic carbocycles. The number of aromatic nitrogens is 2. The number of ether oxygens (including phenoxy) is 1. The highest BCUT2D eigenvalue weighted by Gasteiger charge is 2.05. The molecule has 1 atom stereocenters. The number of nitrogens with zero attached hydrogens (tertiary/aromatic N) is 2. The Morgan fingerprint density at radius 1 is 1.60 bits per heavy atom. The molecule has 0 bridgehead atoms. The number of methoxy groups -OCH3 is 1. The van der Waals surface area contributed by atoms with Crippen LogP contribution in [0.5, 0.6) is 0 Å². The fourth-order valence-corrected chi connectivity index (χ4v) is 1.50. The Kier molecular flexibility index (Phi) is 4.78. The smallest absolute Gasteiger partial charge is 0.0638 e. The monoisotopic (exact) mass is 211 g/mol. The van der Waals surface area contributed by atoms with E-state index in [1.54, 1.807) is 7.11 Å². The minimum absolute atomic E-state index is 0.476. The van der Waals surface area contributed by atoms with Gasteiger partial charge in [-0.1, -0.05) is 0 Å². The molecule has 1 rings (SSSR count). The first-order chi connectivity index (χ1) is 7.13. The first-order valence-corrected chi connectivity index (χ1v) is 5.35. The van der Waals surface area contributed by atoms with E-state index in [0.717, 1.165) is 25.3 Å². The lowest BCUT2D eigenvalue weighted by atomic mass is 10.2. The van der Waals surface area contributed by atoms with Gasteiger partial charge in [0.15, 0.2) is 0 Å². The molecular formula is C11H21N3O. The van der Waals surface area contributed by atoms with E-state index in [-0.39, 0.29) is 0 Å². The molecule has 1 unspecified atom stereocenters. The van der Waals surface area contributed by atoms with Crippen LogP contribution >= 0.6 is 0 Å². The normalized spacial score (nSPS) is 13.1. The van der Waals surface area contributed by atoms with Gasteiger partial charge in [0.2, 0.25) is 0 Å². The Morgan fingerprint density at radius 3 is 2.87 bits per heavy atom. The maximum Gasteiger partial charge on any atom is 0.0638 e. The fourth-order valence-electron chi connectivity index (χ4n) is 1.50. The third kappa shape index (κ3) is 4.01. The molecule has 1 aromatic heterocycles. The van der Waals surface area contributed by atoms with Crippen LogP contribution in [0.2, 0.25) is 0 Å². The second-order valence-electron chi connectivity index (χ2n) is 3.98. The number of rotatable bonds is 6. The third-order valence-electron chi connectivity index (χ3n) is 2.51. The number of hydrogen-bond acceptors (Lipinski definition) is 3. The van der Waals surface area contributed by atoms with Gasteiger partial charge in [0, 0.05) is 45.1 Å². The minimum Gasteiger partial charge on any atom is -0.385 e. The summed E-state index contributed by atoms with van der Waals surface area (Å²) in [4.78, 5) is 0. The first kappa shape index (κ1) is 12.2. The third-order valence-corrected chi connectivity index (χ3v) is 2.51. The van der Waals surface area contributed by atoms with E-state index in [0.29, 0.717) is 6.04 Å². The summed E-state index contributed by atoms with van der Waals surface area (Å²) in [6, 6.07) is 0.476. The number of aryl methyl sites for hydroxylation is 2. The quantitative estimate of drug-likeness (QED) is 0.769. The summed E-state index contributed by atoms with van der Waals surface area (Å²) in [5.41, 5.74) is 2.37. The van der Waals surface area contributed by atoms with Crippen LogP contribution in [0, 0.1) is 6.92 Å². The summed E-state index contributed by atoms with van der Waals surface area (Å²) >= 11 is 0. The Bertz CT molecular complexity index is 296. The van der Waals surface area contributed by atoms with E-state index >= 15 is 0 Å². The molecule has 4 nitrogen and oxygen atoms in total. The Morgan fingerprint density at radius 2 is 2.33 bits per heavy atom. The lowest BCUT2D eigenvalue weighted by Gasteiger charge is -2.12. The van der Waals surface area contributed by atoms with Gasteiger partial charge in [0.25, 0.3) is 0 Å². The maximum absolute atomic E-state index is 5.04. The molecule has 15 heavy (non-hydrogen) atoms. The summed E-state index contributed by atoms with van der Waals surface area (Å²) in [5.74, 6) is 0. The van der Waals surface area contributed by atoms with Gasteiger partial charge in [-0.15, -0.1) is 0 Å². The van der Waals surface area contributed by atoms with Gasteiger partial charge in [-0.25, -0.2) is 0 Å². The molecule has 0 aliphatic rings. The lowest BCUT2D eigenvalue weighted by Crippen LogP contribution is -2.26. The van der Waals surface area contributed by atoms with Crippen LogP contribution in [-0.2, 0) is 18.3 Å². The van der Waals surface area contributed by atoms with Crippen molar-refractivity contribution in [2.24, 2.45) is 7.05 Å². The zero-order chi connectivity index (χ0) is 11.3. The average molecular weight is 211 g/mol. The molecule has 1 aromatic rings. The lowest BCUT2D eigenvalue weighted by molar-refractivity contribution is 0.184. The van der Waals surface area contributed by atoms with E-state index in [1.165, 1.54) is 5.56 Å². The number of hydrogen-bond donors (Lipinski definition) is 1. The first-order valence-electron chi connectivity index (χ1n) is 5.35. The van der Waals surface area contributed by atoms with Crippen LogP contribution in [-0.4, -0.2) is 29.5 Å². The van der Waals surface area contributed by atoms with E-state index in [9.17, 15) is 0 Å². The fraction of sp³-hybridized carbons (Fsp3) is 0.727. The molecule has 0 amide bonds. The molecule has 0 saturated carbocycles. The van der Waals surface area contributed by atoms with E-state index < -0.39 is 0 Å². The average Bonchev–Trinajstić information content (AvgIpc) is 2.51. The van der Waals surface area contributed by atoms with Gasteiger partial charge in [-0.2, -0.15) is 5.10 Å². The van der Waals surface area contributed by atoms with E-state index in [1.807, 2.05) is 18.7 Å². The van der Waals surface area contributed by atoms with Gasteiger partial charge in [0.1, 0.15) is 0 Å². The van der Waals surface area contributed by atoms with Crippen molar-refractivity contribution in [2.45, 2.75) is 32.9 Å². The SMILES string of the molecule is COCCC(C)NCc1cn(C)nc1C. The highest BCUT2D eigenvalue weighted by atomic mass is 16.5. The Labute approximate surface area is 91.6 Å². The van der Waals surface area contributed by atoms with Crippen molar-refractivity contribution < 1.29 is 4.74 Å². The summed E-state index contributed by atoms with van der Waals surface area (Å²) in [5, 5.41) is 7.76. The Balaban J connectivity index is 2.33. The van der Waals surface area contributed by atoms with E-state index in [2.05, 4.69) is 23.5 Å². The molecule has 0 radical (unpaired) electrons. The number of nitrogens with one attached hydrogen (secondary N) is 1. The molecule has 1 N–H and O–H groups in total. The molecule has 0 spiro atoms. The van der Waals surface area contributed by atoms with Crippen LogP contribution in [0.3, 0.4) is 0 Å². The summed E-state index contributed by atoms with van der Waals surface area (Å²) < 4.78 is 6.89. The molecule has 0 saturated heterocycles. The standard InChI is InChI=1S/C11H21N3O/c1-9(5-6-15-4)12-7-11-8-14(3)13-10(11)2/h8-9,12H,5-7H2,1-4H3.